The van der Waals surface area contributed by atoms with Gasteiger partial charge in [-0.05, 0) is 6.08 Å². The highest BCUT2D eigenvalue weighted by molar-refractivity contribution is 5.64. The predicted octanol–water partition coefficient (Wildman–Crippen LogP) is 0.104. The maximum atomic E-state index is 5.07. The second-order valence-electron chi connectivity index (χ2n) is 2.26. The summed E-state index contributed by atoms with van der Waals surface area (Å²) in [6.07, 6.45) is 5.61. The average molecular weight is 124 g/mol. The van der Waals surface area contributed by atoms with Crippen LogP contribution in [0.25, 0.3) is 0 Å². The van der Waals surface area contributed by atoms with E-state index in [1.54, 1.807) is 6.26 Å². The number of nitrogens with zero attached hydrogens (tertiary/aromatic N) is 1. The first-order chi connectivity index (χ1) is 4.47. The molecule has 2 unspecified atom stereocenters. The van der Waals surface area contributed by atoms with E-state index in [1.807, 2.05) is 12.3 Å². The summed E-state index contributed by atoms with van der Waals surface area (Å²) >= 11 is 0. The Morgan fingerprint density at radius 3 is 3.56 bits per heavy atom. The maximum Gasteiger partial charge on any atom is 0.0975 e. The summed E-state index contributed by atoms with van der Waals surface area (Å²) in [6, 6.07) is 0.388. The van der Waals surface area contributed by atoms with Gasteiger partial charge in [0.2, 0.25) is 0 Å². The van der Waals surface area contributed by atoms with Gasteiger partial charge in [-0.25, -0.2) is 0 Å². The third-order valence-electron chi connectivity index (χ3n) is 1.62. The highest BCUT2D eigenvalue weighted by Gasteiger charge is 2.24. The Morgan fingerprint density at radius 2 is 2.67 bits per heavy atom. The van der Waals surface area contributed by atoms with Gasteiger partial charge in [0.05, 0.1) is 24.8 Å². The van der Waals surface area contributed by atoms with E-state index in [-0.39, 0.29) is 0 Å². The molecule has 0 aromatic carbocycles. The van der Waals surface area contributed by atoms with Crippen LogP contribution in [0.5, 0.6) is 0 Å². The van der Waals surface area contributed by atoms with E-state index in [0.717, 1.165) is 6.61 Å². The van der Waals surface area contributed by atoms with Crippen LogP contribution in [-0.2, 0) is 4.74 Å². The summed E-state index contributed by atoms with van der Waals surface area (Å²) in [6.45, 7) is 0.762. The van der Waals surface area contributed by atoms with Crippen LogP contribution in [0.3, 0.4) is 0 Å². The second-order valence-corrected chi connectivity index (χ2v) is 2.26. The molecule has 1 N–H and O–H groups in total. The van der Waals surface area contributed by atoms with Crippen LogP contribution in [0.2, 0.25) is 0 Å². The van der Waals surface area contributed by atoms with Crippen molar-refractivity contribution in [3.63, 3.8) is 0 Å². The van der Waals surface area contributed by atoms with Crippen LogP contribution < -0.4 is 5.43 Å². The molecule has 2 aliphatic rings. The molecule has 0 amide bonds. The molecule has 2 aliphatic heterocycles. The Morgan fingerprint density at radius 1 is 1.67 bits per heavy atom. The predicted molar refractivity (Wildman–Crippen MR) is 34.0 cm³/mol. The molecule has 0 aliphatic carbocycles. The van der Waals surface area contributed by atoms with Gasteiger partial charge >= 0.3 is 0 Å². The summed E-state index contributed by atoms with van der Waals surface area (Å²) in [4.78, 5) is 0. The summed E-state index contributed by atoms with van der Waals surface area (Å²) in [7, 11) is 0. The van der Waals surface area contributed by atoms with Crippen molar-refractivity contribution in [2.75, 3.05) is 6.61 Å². The Kier molecular flexibility index (Phi) is 0.946. The van der Waals surface area contributed by atoms with Crippen molar-refractivity contribution in [3.8, 4) is 0 Å². The molecule has 48 valence electrons. The zero-order valence-corrected chi connectivity index (χ0v) is 4.95. The zero-order valence-electron chi connectivity index (χ0n) is 4.95. The smallest absolute Gasteiger partial charge is 0.0975 e. The molecule has 0 saturated carbocycles. The van der Waals surface area contributed by atoms with Gasteiger partial charge in [0.1, 0.15) is 0 Å². The van der Waals surface area contributed by atoms with Gasteiger partial charge in [-0.15, -0.1) is 0 Å². The Bertz CT molecular complexity index is 164. The largest absolute Gasteiger partial charge is 0.501 e. The number of nitrogens with one attached hydrogen (secondary N) is 1. The maximum absolute atomic E-state index is 5.07. The van der Waals surface area contributed by atoms with Crippen molar-refractivity contribution >= 4 is 6.21 Å². The number of hydrazone groups is 1. The molecule has 0 aromatic rings. The van der Waals surface area contributed by atoms with Gasteiger partial charge in [-0.1, -0.05) is 0 Å². The molecular weight excluding hydrogens is 116 g/mol. The molecule has 3 heteroatoms. The van der Waals surface area contributed by atoms with Crippen molar-refractivity contribution in [1.29, 1.82) is 0 Å². The summed E-state index contributed by atoms with van der Waals surface area (Å²) in [5.74, 6) is 0.454. The van der Waals surface area contributed by atoms with E-state index in [2.05, 4.69) is 10.5 Å². The Balaban J connectivity index is 2.16. The molecule has 0 saturated heterocycles. The van der Waals surface area contributed by atoms with Gasteiger partial charge in [-0.2, -0.15) is 5.10 Å². The first kappa shape index (κ1) is 4.85. The first-order valence-electron chi connectivity index (χ1n) is 3.04. The Labute approximate surface area is 53.4 Å². The third kappa shape index (κ3) is 0.686. The summed E-state index contributed by atoms with van der Waals surface area (Å²) in [5.41, 5.74) is 2.96. The lowest BCUT2D eigenvalue weighted by atomic mass is 10.0. The van der Waals surface area contributed by atoms with Gasteiger partial charge < -0.3 is 10.2 Å². The zero-order chi connectivity index (χ0) is 6.10. The quantitative estimate of drug-likeness (QED) is 0.497. The standard InChI is InChI=1S/C6H8N2O/c1-2-9-4-5-3-7-8-6(1)5/h1-3,5-6,8H,4H2. The highest BCUT2D eigenvalue weighted by Crippen LogP contribution is 2.13. The van der Waals surface area contributed by atoms with E-state index >= 15 is 0 Å². The van der Waals surface area contributed by atoms with Crippen molar-refractivity contribution in [2.24, 2.45) is 11.0 Å². The number of fused-ring (bicyclic) bond motifs is 1. The molecule has 2 heterocycles. The lowest BCUT2D eigenvalue weighted by Crippen LogP contribution is -2.30. The lowest BCUT2D eigenvalue weighted by molar-refractivity contribution is 0.196. The van der Waals surface area contributed by atoms with E-state index in [0.29, 0.717) is 12.0 Å². The van der Waals surface area contributed by atoms with Crippen LogP contribution >= 0.6 is 0 Å². The van der Waals surface area contributed by atoms with Crippen LogP contribution in [0.4, 0.5) is 0 Å². The van der Waals surface area contributed by atoms with E-state index in [9.17, 15) is 0 Å². The van der Waals surface area contributed by atoms with Crippen molar-refractivity contribution in [1.82, 2.24) is 5.43 Å². The van der Waals surface area contributed by atoms with Crippen LogP contribution in [0, 0.1) is 5.92 Å². The van der Waals surface area contributed by atoms with Gasteiger partial charge in [0.15, 0.2) is 0 Å². The van der Waals surface area contributed by atoms with Crippen LogP contribution in [0.1, 0.15) is 0 Å². The minimum Gasteiger partial charge on any atom is -0.501 e. The molecule has 0 fully saturated rings. The minimum absolute atomic E-state index is 0.388. The summed E-state index contributed by atoms with van der Waals surface area (Å²) in [5, 5.41) is 3.92. The molecule has 3 nitrogen and oxygen atoms in total. The van der Waals surface area contributed by atoms with Crippen molar-refractivity contribution in [2.45, 2.75) is 6.04 Å². The van der Waals surface area contributed by atoms with Crippen molar-refractivity contribution in [3.05, 3.63) is 12.3 Å². The molecule has 0 radical (unpaired) electrons. The third-order valence-corrected chi connectivity index (χ3v) is 1.62. The topological polar surface area (TPSA) is 33.6 Å². The highest BCUT2D eigenvalue weighted by atomic mass is 16.5. The van der Waals surface area contributed by atoms with E-state index in [4.69, 9.17) is 4.74 Å². The second kappa shape index (κ2) is 1.76. The SMILES string of the molecule is C1=CC2NN=CC2CO1. The van der Waals surface area contributed by atoms with Gasteiger partial charge in [0.25, 0.3) is 0 Å². The number of rotatable bonds is 0. The molecule has 2 atom stereocenters. The monoisotopic (exact) mass is 124 g/mol. The minimum atomic E-state index is 0.388. The lowest BCUT2D eigenvalue weighted by Gasteiger charge is -2.17. The van der Waals surface area contributed by atoms with E-state index in [1.165, 1.54) is 0 Å². The molecule has 0 aromatic heterocycles. The molecule has 2 rings (SSSR count). The molecule has 0 spiro atoms. The van der Waals surface area contributed by atoms with Gasteiger partial charge in [-0.3, -0.25) is 0 Å². The fraction of sp³-hybridized carbons (Fsp3) is 0.500. The molecule has 0 bridgehead atoms. The molecule has 9 heavy (non-hydrogen) atoms. The van der Waals surface area contributed by atoms with E-state index < -0.39 is 0 Å². The fourth-order valence-corrected chi connectivity index (χ4v) is 1.05. The first-order valence-corrected chi connectivity index (χ1v) is 3.04. The number of hydrogen-bond donors (Lipinski definition) is 1. The van der Waals surface area contributed by atoms with Crippen LogP contribution in [-0.4, -0.2) is 18.9 Å². The average Bonchev–Trinajstić information content (AvgIpc) is 2.33. The summed E-state index contributed by atoms with van der Waals surface area (Å²) < 4.78 is 5.07. The molecular formula is C6H8N2O. The number of hydrogen-bond acceptors (Lipinski definition) is 3. The fourth-order valence-electron chi connectivity index (χ4n) is 1.05. The normalized spacial score (nSPS) is 37.3. The number of ether oxygens (including phenoxy) is 1. The Hall–Kier alpha value is -0.990. The van der Waals surface area contributed by atoms with Crippen LogP contribution in [0.15, 0.2) is 17.4 Å². The van der Waals surface area contributed by atoms with Gasteiger partial charge in [0, 0.05) is 6.21 Å². The van der Waals surface area contributed by atoms with Crippen molar-refractivity contribution < 1.29 is 4.74 Å².